The van der Waals surface area contributed by atoms with Crippen LogP contribution in [0.15, 0.2) is 41.1 Å². The molecular formula is C28H30F2N2O4S2. The summed E-state index contributed by atoms with van der Waals surface area (Å²) >= 11 is 2.48. The average molecular weight is 561 g/mol. The van der Waals surface area contributed by atoms with Gasteiger partial charge in [0.05, 0.1) is 24.5 Å². The summed E-state index contributed by atoms with van der Waals surface area (Å²) < 4.78 is 33.1. The SMILES string of the molecule is C[C@]12C=CC(=O)CC1=C(F)C[C@H]1[C@@H]3C[C@H]4CN(Cc5cccs5)O[C@@]4(C(=O)SCC#N)[C@@]3(C)C[C@H](O)[C@@]12F. The van der Waals surface area contributed by atoms with Gasteiger partial charge in [-0.1, -0.05) is 30.8 Å². The molecule has 2 heterocycles. The quantitative estimate of drug-likeness (QED) is 0.560. The number of alkyl halides is 1. The minimum atomic E-state index is -2.20. The number of hydroxylamine groups is 2. The molecule has 38 heavy (non-hydrogen) atoms. The Morgan fingerprint density at radius 1 is 1.39 bits per heavy atom. The fraction of sp³-hybridized carbons (Fsp3) is 0.607. The molecule has 1 N–H and O–H groups in total. The molecule has 1 saturated heterocycles. The number of hydrogen-bond acceptors (Lipinski definition) is 8. The Hall–Kier alpha value is -1.90. The summed E-state index contributed by atoms with van der Waals surface area (Å²) in [7, 11) is 0. The predicted octanol–water partition coefficient (Wildman–Crippen LogP) is 4.91. The molecule has 8 atom stereocenters. The number of rotatable bonds is 4. The zero-order valence-electron chi connectivity index (χ0n) is 21.3. The maximum absolute atomic E-state index is 17.5. The minimum absolute atomic E-state index is 0.0425. The Balaban J connectivity index is 1.43. The topological polar surface area (TPSA) is 90.6 Å². The first-order chi connectivity index (χ1) is 18.0. The van der Waals surface area contributed by atoms with Crippen molar-refractivity contribution < 1.29 is 28.3 Å². The highest BCUT2D eigenvalue weighted by atomic mass is 32.2. The zero-order valence-corrected chi connectivity index (χ0v) is 22.9. The molecule has 4 aliphatic carbocycles. The molecule has 6 nitrogen and oxygen atoms in total. The molecule has 0 unspecified atom stereocenters. The van der Waals surface area contributed by atoms with E-state index < -0.39 is 45.9 Å². The Bertz CT molecular complexity index is 1290. The minimum Gasteiger partial charge on any atom is -0.390 e. The smallest absolute Gasteiger partial charge is 0.224 e. The first-order valence-corrected chi connectivity index (χ1v) is 14.9. The number of aliphatic hydroxyl groups excluding tert-OH is 1. The second kappa shape index (κ2) is 8.80. The molecule has 0 radical (unpaired) electrons. The van der Waals surface area contributed by atoms with E-state index in [1.165, 1.54) is 12.2 Å². The van der Waals surface area contributed by atoms with Gasteiger partial charge in [-0.3, -0.25) is 14.4 Å². The van der Waals surface area contributed by atoms with E-state index in [1.807, 2.05) is 30.5 Å². The second-order valence-electron chi connectivity index (χ2n) is 11.8. The summed E-state index contributed by atoms with van der Waals surface area (Å²) in [5, 5.41) is 24.3. The van der Waals surface area contributed by atoms with Crippen LogP contribution in [0.25, 0.3) is 0 Å². The van der Waals surface area contributed by atoms with Crippen molar-refractivity contribution in [2.24, 2.45) is 28.6 Å². The Kier molecular flexibility index (Phi) is 6.10. The molecule has 2 saturated carbocycles. The molecule has 0 amide bonds. The number of halogens is 2. The van der Waals surface area contributed by atoms with E-state index >= 15 is 8.78 Å². The summed E-state index contributed by atoms with van der Waals surface area (Å²) in [6, 6.07) is 5.95. The van der Waals surface area contributed by atoms with Crippen molar-refractivity contribution in [2.75, 3.05) is 12.3 Å². The molecule has 1 aliphatic heterocycles. The van der Waals surface area contributed by atoms with Crippen molar-refractivity contribution in [3.8, 4) is 6.07 Å². The van der Waals surface area contributed by atoms with Crippen LogP contribution in [0.5, 0.6) is 0 Å². The molecule has 6 rings (SSSR count). The zero-order chi connectivity index (χ0) is 27.1. The van der Waals surface area contributed by atoms with Crippen LogP contribution in [0.2, 0.25) is 0 Å². The second-order valence-corrected chi connectivity index (χ2v) is 13.8. The standard InChI is InChI=1S/C28H30F2N2O4S2/c1-25-6-5-17(33)11-21(25)22(29)12-20-19-10-16-14-32(15-18-4-3-8-37-18)36-28(16,24(35)38-9-7-31)26(19,2)13-23(34)27(20,25)30/h3-6,8,16,19-20,23,34H,9-15H2,1-2H3/t16-,19-,20-,23-,25-,26-,27-,28-/m0/s1. The van der Waals surface area contributed by atoms with Gasteiger partial charge < -0.3 is 5.11 Å². The van der Waals surface area contributed by atoms with Gasteiger partial charge in [-0.05, 0) is 48.8 Å². The van der Waals surface area contributed by atoms with Crippen LogP contribution in [-0.2, 0) is 21.0 Å². The monoisotopic (exact) mass is 560 g/mol. The molecule has 5 aliphatic rings. The molecule has 0 bridgehead atoms. The third-order valence-electron chi connectivity index (χ3n) is 10.2. The Labute approximate surface area is 228 Å². The van der Waals surface area contributed by atoms with Crippen molar-refractivity contribution >= 4 is 34.0 Å². The maximum Gasteiger partial charge on any atom is 0.224 e. The highest BCUT2D eigenvalue weighted by Crippen LogP contribution is 2.73. The molecule has 0 spiro atoms. The number of aliphatic hydroxyl groups is 1. The molecule has 10 heteroatoms. The predicted molar refractivity (Wildman–Crippen MR) is 139 cm³/mol. The van der Waals surface area contributed by atoms with E-state index in [0.717, 1.165) is 16.6 Å². The molecule has 1 aromatic heterocycles. The third-order valence-corrected chi connectivity index (χ3v) is 11.9. The van der Waals surface area contributed by atoms with Gasteiger partial charge in [0.15, 0.2) is 17.1 Å². The summed E-state index contributed by atoms with van der Waals surface area (Å²) in [4.78, 5) is 33.7. The lowest BCUT2D eigenvalue weighted by atomic mass is 9.45. The lowest BCUT2D eigenvalue weighted by Crippen LogP contribution is -2.69. The van der Waals surface area contributed by atoms with E-state index in [4.69, 9.17) is 4.84 Å². The van der Waals surface area contributed by atoms with Gasteiger partial charge in [0.1, 0.15) is 5.83 Å². The number of thioether (sulfide) groups is 1. The Morgan fingerprint density at radius 3 is 2.89 bits per heavy atom. The molecule has 1 aromatic rings. The number of thiophene rings is 1. The molecule has 3 fully saturated rings. The van der Waals surface area contributed by atoms with Crippen LogP contribution >= 0.6 is 23.1 Å². The van der Waals surface area contributed by atoms with Crippen molar-refractivity contribution in [2.45, 2.75) is 63.4 Å². The van der Waals surface area contributed by atoms with Crippen molar-refractivity contribution in [3.63, 3.8) is 0 Å². The average Bonchev–Trinajstić information content (AvgIpc) is 3.57. The lowest BCUT2D eigenvalue weighted by molar-refractivity contribution is -0.263. The van der Waals surface area contributed by atoms with Crippen LogP contribution in [0.1, 0.15) is 44.4 Å². The number of fused-ring (bicyclic) bond motifs is 7. The van der Waals surface area contributed by atoms with E-state index in [9.17, 15) is 20.0 Å². The summed E-state index contributed by atoms with van der Waals surface area (Å²) in [6.07, 6.45) is 1.23. The maximum atomic E-state index is 17.5. The van der Waals surface area contributed by atoms with E-state index in [0.29, 0.717) is 19.5 Å². The van der Waals surface area contributed by atoms with Crippen LogP contribution in [-0.4, -0.2) is 50.7 Å². The number of allylic oxidation sites excluding steroid dienone is 4. The first-order valence-electron chi connectivity index (χ1n) is 13.0. The first kappa shape index (κ1) is 26.3. The van der Waals surface area contributed by atoms with E-state index in [-0.39, 0.29) is 47.4 Å². The van der Waals surface area contributed by atoms with Gasteiger partial charge in [0.2, 0.25) is 5.12 Å². The normalized spacial score (nSPS) is 43.8. The highest BCUT2D eigenvalue weighted by Gasteiger charge is 2.79. The van der Waals surface area contributed by atoms with E-state index in [2.05, 4.69) is 0 Å². The van der Waals surface area contributed by atoms with Gasteiger partial charge in [0.25, 0.3) is 0 Å². The molecule has 202 valence electrons. The van der Waals surface area contributed by atoms with Gasteiger partial charge in [-0.15, -0.1) is 11.3 Å². The lowest BCUT2D eigenvalue weighted by Gasteiger charge is -2.62. The van der Waals surface area contributed by atoms with Gasteiger partial charge in [-0.25, -0.2) is 8.78 Å². The molecule has 0 aromatic carbocycles. The van der Waals surface area contributed by atoms with Crippen molar-refractivity contribution in [1.29, 1.82) is 5.26 Å². The fourth-order valence-corrected chi connectivity index (χ4v) is 10.1. The van der Waals surface area contributed by atoms with Gasteiger partial charge in [-0.2, -0.15) is 10.3 Å². The van der Waals surface area contributed by atoms with Crippen LogP contribution in [0, 0.1) is 39.9 Å². The Morgan fingerprint density at radius 2 is 2.18 bits per heavy atom. The third kappa shape index (κ3) is 3.26. The van der Waals surface area contributed by atoms with Crippen LogP contribution < -0.4 is 0 Å². The van der Waals surface area contributed by atoms with Crippen molar-refractivity contribution in [1.82, 2.24) is 5.06 Å². The number of ketones is 1. The fourth-order valence-electron chi connectivity index (χ4n) is 8.51. The molecular weight excluding hydrogens is 530 g/mol. The highest BCUT2D eigenvalue weighted by molar-refractivity contribution is 8.14. The number of carbonyl (C=O) groups is 2. The number of nitrogens with zero attached hydrogens (tertiary/aromatic N) is 2. The van der Waals surface area contributed by atoms with Crippen molar-refractivity contribution in [3.05, 3.63) is 45.9 Å². The van der Waals surface area contributed by atoms with Gasteiger partial charge >= 0.3 is 0 Å². The summed E-state index contributed by atoms with van der Waals surface area (Å²) in [6.45, 7) is 4.39. The van der Waals surface area contributed by atoms with Crippen LogP contribution in [0.4, 0.5) is 8.78 Å². The van der Waals surface area contributed by atoms with E-state index in [1.54, 1.807) is 23.3 Å². The number of hydrogen-bond donors (Lipinski definition) is 1. The largest absolute Gasteiger partial charge is 0.390 e. The number of carbonyl (C=O) groups excluding carboxylic acids is 2. The number of nitriles is 1. The summed E-state index contributed by atoms with van der Waals surface area (Å²) in [5.74, 6) is -2.44. The van der Waals surface area contributed by atoms with Gasteiger partial charge in [0, 0.05) is 46.9 Å². The summed E-state index contributed by atoms with van der Waals surface area (Å²) in [5.41, 5.74) is -5.87. The van der Waals surface area contributed by atoms with Crippen LogP contribution in [0.3, 0.4) is 0 Å².